The van der Waals surface area contributed by atoms with Crippen molar-refractivity contribution < 1.29 is 5.11 Å². The lowest BCUT2D eigenvalue weighted by atomic mass is 10.2. The monoisotopic (exact) mass is 256 g/mol. The maximum absolute atomic E-state index is 9.32. The Balaban J connectivity index is 2.97. The molecule has 0 aliphatic heterocycles. The highest BCUT2D eigenvalue weighted by Crippen LogP contribution is 2.28. The van der Waals surface area contributed by atoms with Crippen molar-refractivity contribution >= 4 is 16.5 Å². The third kappa shape index (κ3) is 3.68. The first kappa shape index (κ1) is 14.5. The number of aliphatic hydroxyl groups is 1. The van der Waals surface area contributed by atoms with Gasteiger partial charge >= 0.3 is 0 Å². The molecule has 0 saturated carbocycles. The molecule has 0 spiro atoms. The molecule has 1 N–H and O–H groups in total. The Bertz CT molecular complexity index is 326. The molecule has 17 heavy (non-hydrogen) atoms. The second kappa shape index (κ2) is 6.36. The molecule has 0 bridgehead atoms. The van der Waals surface area contributed by atoms with Gasteiger partial charge in [0.15, 0.2) is 5.13 Å². The van der Waals surface area contributed by atoms with E-state index in [4.69, 9.17) is 0 Å². The fourth-order valence-corrected chi connectivity index (χ4v) is 2.95. The SMILES string of the molecule is CCc1nc(N(CC(C)C)C(C)C)sc1CO. The standard InChI is InChI=1S/C13H24N2OS/c1-6-11-12(8-16)17-13(14-11)15(10(4)5)7-9(2)3/h9-10,16H,6-8H2,1-5H3. The third-order valence-corrected chi connectivity index (χ3v) is 3.80. The lowest BCUT2D eigenvalue weighted by Crippen LogP contribution is -2.34. The van der Waals surface area contributed by atoms with Gasteiger partial charge in [0.05, 0.1) is 17.2 Å². The zero-order valence-electron chi connectivity index (χ0n) is 11.5. The number of anilines is 1. The predicted octanol–water partition coefficient (Wildman–Crippen LogP) is 3.07. The quantitative estimate of drug-likeness (QED) is 0.850. The molecular weight excluding hydrogens is 232 g/mol. The first-order valence-electron chi connectivity index (χ1n) is 6.35. The lowest BCUT2D eigenvalue weighted by Gasteiger charge is -2.27. The van der Waals surface area contributed by atoms with E-state index in [0.717, 1.165) is 28.7 Å². The molecule has 1 rings (SSSR count). The lowest BCUT2D eigenvalue weighted by molar-refractivity contribution is 0.284. The molecule has 1 aromatic heterocycles. The minimum absolute atomic E-state index is 0.106. The van der Waals surface area contributed by atoms with E-state index in [1.54, 1.807) is 11.3 Å². The maximum atomic E-state index is 9.32. The van der Waals surface area contributed by atoms with Crippen molar-refractivity contribution in [2.24, 2.45) is 5.92 Å². The van der Waals surface area contributed by atoms with Gasteiger partial charge in [-0.15, -0.1) is 0 Å². The van der Waals surface area contributed by atoms with Crippen molar-refractivity contribution in [2.75, 3.05) is 11.4 Å². The van der Waals surface area contributed by atoms with Crippen LogP contribution < -0.4 is 4.90 Å². The first-order valence-corrected chi connectivity index (χ1v) is 7.17. The number of aliphatic hydroxyl groups excluding tert-OH is 1. The average molecular weight is 256 g/mol. The fraction of sp³-hybridized carbons (Fsp3) is 0.769. The van der Waals surface area contributed by atoms with E-state index in [1.165, 1.54) is 0 Å². The molecule has 3 nitrogen and oxygen atoms in total. The summed E-state index contributed by atoms with van der Waals surface area (Å²) < 4.78 is 0. The average Bonchev–Trinajstić information content (AvgIpc) is 2.67. The van der Waals surface area contributed by atoms with E-state index in [-0.39, 0.29) is 6.61 Å². The molecule has 0 atom stereocenters. The van der Waals surface area contributed by atoms with Gasteiger partial charge in [-0.2, -0.15) is 0 Å². The van der Waals surface area contributed by atoms with Gasteiger partial charge in [0, 0.05) is 12.6 Å². The van der Waals surface area contributed by atoms with Crippen molar-refractivity contribution in [2.45, 2.75) is 53.7 Å². The Morgan fingerprint density at radius 1 is 1.29 bits per heavy atom. The molecule has 0 unspecified atom stereocenters. The highest BCUT2D eigenvalue weighted by Gasteiger charge is 2.18. The Kier molecular flexibility index (Phi) is 5.40. The summed E-state index contributed by atoms with van der Waals surface area (Å²) in [6.07, 6.45) is 0.889. The number of aromatic nitrogens is 1. The van der Waals surface area contributed by atoms with Crippen LogP contribution in [0.4, 0.5) is 5.13 Å². The second-order valence-electron chi connectivity index (χ2n) is 5.02. The molecule has 0 saturated heterocycles. The number of rotatable bonds is 6. The van der Waals surface area contributed by atoms with Gasteiger partial charge < -0.3 is 10.0 Å². The number of nitrogens with zero attached hydrogens (tertiary/aromatic N) is 2. The van der Waals surface area contributed by atoms with Gasteiger partial charge in [-0.05, 0) is 26.2 Å². The molecule has 0 radical (unpaired) electrons. The van der Waals surface area contributed by atoms with Crippen LogP contribution in [0.1, 0.15) is 45.2 Å². The number of thiazole rings is 1. The van der Waals surface area contributed by atoms with Gasteiger partial charge in [-0.25, -0.2) is 4.98 Å². The first-order chi connectivity index (χ1) is 7.99. The Morgan fingerprint density at radius 3 is 2.29 bits per heavy atom. The predicted molar refractivity (Wildman–Crippen MR) is 74.7 cm³/mol. The Labute approximate surface area is 108 Å². The van der Waals surface area contributed by atoms with Crippen LogP contribution in [0.15, 0.2) is 0 Å². The van der Waals surface area contributed by atoms with E-state index in [2.05, 4.69) is 44.5 Å². The molecule has 0 aliphatic rings. The summed E-state index contributed by atoms with van der Waals surface area (Å²) in [5, 5.41) is 10.4. The van der Waals surface area contributed by atoms with Crippen molar-refractivity contribution in [1.29, 1.82) is 0 Å². The van der Waals surface area contributed by atoms with E-state index < -0.39 is 0 Å². The van der Waals surface area contributed by atoms with Crippen molar-refractivity contribution in [1.82, 2.24) is 4.98 Å². The van der Waals surface area contributed by atoms with Crippen molar-refractivity contribution in [3.8, 4) is 0 Å². The molecule has 0 fully saturated rings. The topological polar surface area (TPSA) is 36.4 Å². The summed E-state index contributed by atoms with van der Waals surface area (Å²) >= 11 is 1.63. The number of hydrogen-bond acceptors (Lipinski definition) is 4. The minimum atomic E-state index is 0.106. The van der Waals surface area contributed by atoms with Crippen LogP contribution in [0.2, 0.25) is 0 Å². The Hall–Kier alpha value is -0.610. The van der Waals surface area contributed by atoms with Gasteiger partial charge in [0.25, 0.3) is 0 Å². The summed E-state index contributed by atoms with van der Waals surface area (Å²) in [5.41, 5.74) is 1.04. The van der Waals surface area contributed by atoms with E-state index >= 15 is 0 Å². The van der Waals surface area contributed by atoms with Crippen LogP contribution >= 0.6 is 11.3 Å². The van der Waals surface area contributed by atoms with Crippen LogP contribution in [0.5, 0.6) is 0 Å². The number of aryl methyl sites for hydroxylation is 1. The zero-order valence-corrected chi connectivity index (χ0v) is 12.3. The van der Waals surface area contributed by atoms with E-state index in [1.807, 2.05) is 0 Å². The molecule has 0 aliphatic carbocycles. The van der Waals surface area contributed by atoms with Gasteiger partial charge in [-0.3, -0.25) is 0 Å². The molecule has 0 amide bonds. The zero-order chi connectivity index (χ0) is 13.0. The van der Waals surface area contributed by atoms with Crippen LogP contribution in [-0.2, 0) is 13.0 Å². The van der Waals surface area contributed by atoms with Crippen LogP contribution in [-0.4, -0.2) is 22.7 Å². The highest BCUT2D eigenvalue weighted by atomic mass is 32.1. The molecule has 4 heteroatoms. The Morgan fingerprint density at radius 2 is 1.94 bits per heavy atom. The van der Waals surface area contributed by atoms with E-state index in [9.17, 15) is 5.11 Å². The van der Waals surface area contributed by atoms with Gasteiger partial charge in [0.2, 0.25) is 0 Å². The minimum Gasteiger partial charge on any atom is -0.391 e. The molecule has 1 aromatic rings. The summed E-state index contributed by atoms with van der Waals surface area (Å²) in [4.78, 5) is 8.00. The molecule has 1 heterocycles. The largest absolute Gasteiger partial charge is 0.391 e. The summed E-state index contributed by atoms with van der Waals surface area (Å²) in [5.74, 6) is 0.615. The summed E-state index contributed by atoms with van der Waals surface area (Å²) in [6.45, 7) is 12.0. The molecule has 98 valence electrons. The van der Waals surface area contributed by atoms with Gasteiger partial charge in [0.1, 0.15) is 0 Å². The van der Waals surface area contributed by atoms with E-state index in [0.29, 0.717) is 12.0 Å². The van der Waals surface area contributed by atoms with Crippen molar-refractivity contribution in [3.63, 3.8) is 0 Å². The van der Waals surface area contributed by atoms with Crippen molar-refractivity contribution in [3.05, 3.63) is 10.6 Å². The maximum Gasteiger partial charge on any atom is 0.186 e. The van der Waals surface area contributed by atoms with Crippen LogP contribution in [0.3, 0.4) is 0 Å². The molecule has 0 aromatic carbocycles. The normalized spacial score (nSPS) is 11.5. The second-order valence-corrected chi connectivity index (χ2v) is 6.08. The van der Waals surface area contributed by atoms with Crippen LogP contribution in [0.25, 0.3) is 0 Å². The van der Waals surface area contributed by atoms with Crippen LogP contribution in [0, 0.1) is 5.92 Å². The summed E-state index contributed by atoms with van der Waals surface area (Å²) in [6, 6.07) is 0.444. The number of hydrogen-bond donors (Lipinski definition) is 1. The smallest absolute Gasteiger partial charge is 0.186 e. The highest BCUT2D eigenvalue weighted by molar-refractivity contribution is 7.15. The van der Waals surface area contributed by atoms with Gasteiger partial charge in [-0.1, -0.05) is 32.1 Å². The summed E-state index contributed by atoms with van der Waals surface area (Å²) in [7, 11) is 0. The molecular formula is C13H24N2OS. The fourth-order valence-electron chi connectivity index (χ4n) is 1.80. The third-order valence-electron chi connectivity index (χ3n) is 2.68.